The number of hydrogen-bond acceptors (Lipinski definition) is 7. The highest BCUT2D eigenvalue weighted by Crippen LogP contribution is 2.53. The van der Waals surface area contributed by atoms with Gasteiger partial charge >= 0.3 is 0 Å². The number of nitrogens with two attached hydrogens (primary N) is 2. The van der Waals surface area contributed by atoms with Crippen LogP contribution >= 0.6 is 0 Å². The minimum absolute atomic E-state index is 0.0594. The molecule has 4 aromatic rings. The van der Waals surface area contributed by atoms with E-state index in [1.807, 2.05) is 24.3 Å². The van der Waals surface area contributed by atoms with Crippen LogP contribution in [0.25, 0.3) is 16.5 Å². The van der Waals surface area contributed by atoms with Crippen LogP contribution in [-0.2, 0) is 10.0 Å². The molecule has 0 bridgehead atoms. The van der Waals surface area contributed by atoms with Crippen molar-refractivity contribution in [2.24, 2.45) is 10.9 Å². The summed E-state index contributed by atoms with van der Waals surface area (Å²) in [5.41, 5.74) is 9.48. The van der Waals surface area contributed by atoms with Crippen LogP contribution in [0.1, 0.15) is 27.4 Å². The number of phenols is 1. The molecule has 38 heavy (non-hydrogen) atoms. The fourth-order valence-electron chi connectivity index (χ4n) is 5.38. The Morgan fingerprint density at radius 2 is 1.55 bits per heavy atom. The Bertz CT molecular complexity index is 1900. The third-order valence-corrected chi connectivity index (χ3v) is 7.95. The first-order chi connectivity index (χ1) is 18.2. The van der Waals surface area contributed by atoms with Gasteiger partial charge in [-0.1, -0.05) is 54.6 Å². The molecule has 5 N–H and O–H groups in total. The van der Waals surface area contributed by atoms with Crippen molar-refractivity contribution in [1.29, 1.82) is 5.26 Å². The molecule has 0 saturated heterocycles. The zero-order valence-corrected chi connectivity index (χ0v) is 20.6. The molecule has 0 spiro atoms. The van der Waals surface area contributed by atoms with Crippen LogP contribution < -0.4 is 15.8 Å². The van der Waals surface area contributed by atoms with Crippen LogP contribution in [0.4, 0.5) is 5.69 Å². The molecule has 0 fully saturated rings. The number of primary sulfonamides is 1. The van der Waals surface area contributed by atoms with Crippen molar-refractivity contribution in [2.45, 2.75) is 10.8 Å². The van der Waals surface area contributed by atoms with Crippen molar-refractivity contribution in [1.82, 2.24) is 0 Å². The molecule has 0 saturated carbocycles. The summed E-state index contributed by atoms with van der Waals surface area (Å²) >= 11 is 0. The van der Waals surface area contributed by atoms with E-state index in [4.69, 9.17) is 10.9 Å². The fraction of sp³-hybridized carbons (Fsp3) is 0.0345. The summed E-state index contributed by atoms with van der Waals surface area (Å²) in [6.07, 6.45) is 0. The van der Waals surface area contributed by atoms with Crippen LogP contribution in [0.15, 0.2) is 107 Å². The number of benzene rings is 4. The monoisotopic (exact) mass is 520 g/mol. The smallest absolute Gasteiger partial charge is 0.238 e. The van der Waals surface area contributed by atoms with E-state index in [1.165, 1.54) is 24.3 Å². The number of allylic oxidation sites excluding steroid dienone is 2. The summed E-state index contributed by atoms with van der Waals surface area (Å²) in [4.78, 5) is 15.5. The number of hydrogen-bond donors (Lipinski definition) is 3. The maximum absolute atomic E-state index is 14.0. The van der Waals surface area contributed by atoms with Gasteiger partial charge in [0, 0.05) is 28.0 Å². The van der Waals surface area contributed by atoms with E-state index in [0.29, 0.717) is 39.0 Å². The number of rotatable bonds is 3. The maximum Gasteiger partial charge on any atom is 0.238 e. The second-order valence-corrected chi connectivity index (χ2v) is 10.6. The molecule has 1 aliphatic heterocycles. The van der Waals surface area contributed by atoms with Gasteiger partial charge in [-0.25, -0.2) is 13.6 Å². The quantitative estimate of drug-likeness (QED) is 0.368. The summed E-state index contributed by atoms with van der Waals surface area (Å²) in [6, 6.07) is 25.7. The Balaban J connectivity index is 1.68. The molecule has 0 radical (unpaired) electrons. The number of aromatic hydroxyl groups is 1. The van der Waals surface area contributed by atoms with Crippen molar-refractivity contribution in [3.63, 3.8) is 0 Å². The molecule has 1 heterocycles. The van der Waals surface area contributed by atoms with Gasteiger partial charge < -0.3 is 10.8 Å². The zero-order chi connectivity index (χ0) is 26.8. The number of Topliss-reactive ketones (excluding diaryl/α,β-unsaturated/α-hetero) is 1. The van der Waals surface area contributed by atoms with Gasteiger partial charge in [-0.2, -0.15) is 5.26 Å². The summed E-state index contributed by atoms with van der Waals surface area (Å²) < 4.78 is 23.6. The summed E-state index contributed by atoms with van der Waals surface area (Å²) in [5.74, 6) is -1.20. The molecule has 1 atom stereocenters. The third-order valence-electron chi connectivity index (χ3n) is 7.02. The summed E-state index contributed by atoms with van der Waals surface area (Å²) in [6.45, 7) is 0. The van der Waals surface area contributed by atoms with Gasteiger partial charge in [0.1, 0.15) is 11.6 Å². The van der Waals surface area contributed by atoms with Gasteiger partial charge in [0.2, 0.25) is 10.0 Å². The first-order valence-corrected chi connectivity index (χ1v) is 13.2. The maximum atomic E-state index is 14.0. The largest absolute Gasteiger partial charge is 0.508 e. The topological polar surface area (TPSA) is 151 Å². The van der Waals surface area contributed by atoms with Gasteiger partial charge in [-0.05, 0) is 41.1 Å². The minimum Gasteiger partial charge on any atom is -0.508 e. The molecule has 4 aromatic carbocycles. The molecule has 0 amide bonds. The van der Waals surface area contributed by atoms with Crippen LogP contribution in [-0.4, -0.2) is 19.3 Å². The van der Waals surface area contributed by atoms with Gasteiger partial charge in [0.15, 0.2) is 5.78 Å². The number of sulfonamides is 1. The molecule has 186 valence electrons. The zero-order valence-electron chi connectivity index (χ0n) is 19.8. The Labute approximate surface area is 218 Å². The van der Waals surface area contributed by atoms with E-state index in [-0.39, 0.29) is 27.8 Å². The highest BCUT2D eigenvalue weighted by atomic mass is 32.2. The fourth-order valence-corrected chi connectivity index (χ4v) is 5.89. The molecule has 9 heteroatoms. The SMILES string of the molecule is N#CC1=C(N)N(c2ccc(S(N)(=O)=O)cc2)C2=C(C(=O)c3ccccc32)C1c1c(O)ccc2ccccc12. The lowest BCUT2D eigenvalue weighted by atomic mass is 9.78. The molecule has 8 nitrogen and oxygen atoms in total. The highest BCUT2D eigenvalue weighted by molar-refractivity contribution is 7.89. The van der Waals surface area contributed by atoms with Crippen molar-refractivity contribution in [3.05, 3.63) is 119 Å². The molecular formula is C29H20N4O4S. The highest BCUT2D eigenvalue weighted by Gasteiger charge is 2.45. The van der Waals surface area contributed by atoms with E-state index in [2.05, 4.69) is 6.07 Å². The molecular weight excluding hydrogens is 500 g/mol. The van der Waals surface area contributed by atoms with Gasteiger partial charge in [-0.15, -0.1) is 0 Å². The first-order valence-electron chi connectivity index (χ1n) is 11.6. The van der Waals surface area contributed by atoms with E-state index in [1.54, 1.807) is 41.3 Å². The average molecular weight is 521 g/mol. The molecule has 0 aromatic heterocycles. The molecule has 2 aliphatic rings. The number of carbonyl (C=O) groups excluding carboxylic acids is 1. The number of nitriles is 1. The number of nitrogens with zero attached hydrogens (tertiary/aromatic N) is 2. The Kier molecular flexibility index (Phi) is 5.14. The van der Waals surface area contributed by atoms with E-state index >= 15 is 0 Å². The number of fused-ring (bicyclic) bond motifs is 3. The molecule has 1 unspecified atom stereocenters. The Morgan fingerprint density at radius 1 is 0.895 bits per heavy atom. The van der Waals surface area contributed by atoms with Crippen molar-refractivity contribution in [3.8, 4) is 11.8 Å². The molecule has 6 rings (SSSR count). The van der Waals surface area contributed by atoms with Crippen LogP contribution in [0, 0.1) is 11.3 Å². The summed E-state index contributed by atoms with van der Waals surface area (Å²) in [7, 11) is -3.93. The van der Waals surface area contributed by atoms with Crippen LogP contribution in [0.5, 0.6) is 5.75 Å². The van der Waals surface area contributed by atoms with E-state index < -0.39 is 15.9 Å². The number of ketones is 1. The first kappa shape index (κ1) is 23.5. The average Bonchev–Trinajstić information content (AvgIpc) is 3.20. The minimum atomic E-state index is -3.93. The Morgan fingerprint density at radius 3 is 2.24 bits per heavy atom. The standard InChI is InChI=1S/C29H20N4O4S/c30-15-22-25(24-19-6-2-1-5-16(19)9-14-23(24)34)26-27(20-7-3-4-8-21(20)28(26)35)33(29(22)31)17-10-12-18(13-11-17)38(32,36)37/h1-14,25,34H,31H2,(H2,32,36,37). The predicted octanol–water partition coefficient (Wildman–Crippen LogP) is 4.10. The lowest BCUT2D eigenvalue weighted by Crippen LogP contribution is -2.34. The van der Waals surface area contributed by atoms with E-state index in [0.717, 1.165) is 5.39 Å². The van der Waals surface area contributed by atoms with E-state index in [9.17, 15) is 23.6 Å². The number of anilines is 1. The predicted molar refractivity (Wildman–Crippen MR) is 143 cm³/mol. The lowest BCUT2D eigenvalue weighted by molar-refractivity contribution is 0.103. The number of phenolic OH excluding ortho intramolecular Hbond substituents is 1. The second-order valence-electron chi connectivity index (χ2n) is 9.07. The van der Waals surface area contributed by atoms with Crippen molar-refractivity contribution < 1.29 is 18.3 Å². The normalized spacial score (nSPS) is 17.0. The van der Waals surface area contributed by atoms with Gasteiger partial charge in [0.05, 0.1) is 28.2 Å². The summed E-state index contributed by atoms with van der Waals surface area (Å²) in [5, 5.41) is 28.3. The number of carbonyl (C=O) groups is 1. The second kappa shape index (κ2) is 8.31. The molecule has 1 aliphatic carbocycles. The van der Waals surface area contributed by atoms with Gasteiger partial charge in [-0.3, -0.25) is 9.69 Å². The van der Waals surface area contributed by atoms with Crippen molar-refractivity contribution >= 4 is 38.0 Å². The lowest BCUT2D eigenvalue weighted by Gasteiger charge is -2.36. The van der Waals surface area contributed by atoms with Crippen LogP contribution in [0.2, 0.25) is 0 Å². The third kappa shape index (κ3) is 3.32. The van der Waals surface area contributed by atoms with Gasteiger partial charge in [0.25, 0.3) is 0 Å². The van der Waals surface area contributed by atoms with Crippen molar-refractivity contribution in [2.75, 3.05) is 4.90 Å². The Hall–Kier alpha value is -4.91. The van der Waals surface area contributed by atoms with Crippen LogP contribution in [0.3, 0.4) is 0 Å².